The van der Waals surface area contributed by atoms with Gasteiger partial charge in [0.25, 0.3) is 11.8 Å². The Morgan fingerprint density at radius 2 is 1.28 bits per heavy atom. The number of amides is 2. The first-order valence-corrected chi connectivity index (χ1v) is 9.49. The molecule has 0 fully saturated rings. The summed E-state index contributed by atoms with van der Waals surface area (Å²) in [4.78, 5) is 25.1. The monoisotopic (exact) mass is 454 g/mol. The summed E-state index contributed by atoms with van der Waals surface area (Å²) >= 11 is 3.35. The third-order valence-electron chi connectivity index (χ3n) is 4.08. The van der Waals surface area contributed by atoms with Gasteiger partial charge in [-0.05, 0) is 36.4 Å². The van der Waals surface area contributed by atoms with Crippen molar-refractivity contribution in [3.8, 4) is 11.5 Å². The Balaban J connectivity index is 1.75. The molecule has 0 aromatic heterocycles. The lowest BCUT2D eigenvalue weighted by Crippen LogP contribution is -2.14. The molecule has 0 heterocycles. The molecule has 2 amide bonds. The van der Waals surface area contributed by atoms with Crippen LogP contribution in [0.5, 0.6) is 11.5 Å². The maximum absolute atomic E-state index is 12.7. The Kier molecular flexibility index (Phi) is 6.51. The molecule has 0 spiro atoms. The zero-order valence-corrected chi connectivity index (χ0v) is 17.4. The SMILES string of the molecule is COc1cc(NC(=O)c2cccc(NC(=O)c3cccc(Br)c3)c2)cc(OC)c1. The number of methoxy groups -OCH3 is 2. The van der Waals surface area contributed by atoms with Crippen LogP contribution in [0, 0.1) is 0 Å². The first-order chi connectivity index (χ1) is 14.0. The average Bonchev–Trinajstić information content (AvgIpc) is 2.73. The maximum atomic E-state index is 12.7. The Hall–Kier alpha value is -3.32. The molecule has 29 heavy (non-hydrogen) atoms. The summed E-state index contributed by atoms with van der Waals surface area (Å²) in [6, 6.07) is 18.9. The van der Waals surface area contributed by atoms with Crippen LogP contribution in [0.4, 0.5) is 11.4 Å². The molecule has 3 rings (SSSR count). The number of benzene rings is 3. The second-order valence-corrected chi connectivity index (χ2v) is 7.02. The molecule has 0 saturated heterocycles. The standard InChI is InChI=1S/C22H19BrN2O4/c1-28-19-11-18(12-20(13-19)29-2)25-22(27)15-6-4-8-17(10-15)24-21(26)14-5-3-7-16(23)9-14/h3-13H,1-2H3,(H,24,26)(H,25,27). The number of hydrogen-bond donors (Lipinski definition) is 2. The van der Waals surface area contributed by atoms with Gasteiger partial charge in [0.2, 0.25) is 0 Å². The molecule has 0 bridgehead atoms. The minimum absolute atomic E-state index is 0.263. The Morgan fingerprint density at radius 3 is 1.86 bits per heavy atom. The van der Waals surface area contributed by atoms with Crippen molar-refractivity contribution in [1.82, 2.24) is 0 Å². The lowest BCUT2D eigenvalue weighted by Gasteiger charge is -2.11. The highest BCUT2D eigenvalue weighted by Gasteiger charge is 2.11. The van der Waals surface area contributed by atoms with E-state index in [9.17, 15) is 9.59 Å². The molecule has 0 atom stereocenters. The van der Waals surface area contributed by atoms with E-state index in [4.69, 9.17) is 9.47 Å². The van der Waals surface area contributed by atoms with Gasteiger partial charge in [0.05, 0.1) is 14.2 Å². The van der Waals surface area contributed by atoms with Gasteiger partial charge in [-0.3, -0.25) is 9.59 Å². The predicted molar refractivity (Wildman–Crippen MR) is 116 cm³/mol. The molecule has 3 aromatic carbocycles. The van der Waals surface area contributed by atoms with Crippen molar-refractivity contribution in [3.05, 3.63) is 82.3 Å². The minimum atomic E-state index is -0.320. The molecule has 2 N–H and O–H groups in total. The maximum Gasteiger partial charge on any atom is 0.255 e. The summed E-state index contributed by atoms with van der Waals surface area (Å²) in [7, 11) is 3.08. The predicted octanol–water partition coefficient (Wildman–Crippen LogP) is 4.97. The Labute approximate surface area is 177 Å². The van der Waals surface area contributed by atoms with Crippen LogP contribution >= 0.6 is 15.9 Å². The first kappa shape index (κ1) is 20.4. The molecule has 0 radical (unpaired) electrons. The molecule has 6 nitrogen and oxygen atoms in total. The quantitative estimate of drug-likeness (QED) is 0.550. The number of anilines is 2. The molecule has 0 aliphatic rings. The number of carbonyl (C=O) groups excluding carboxylic acids is 2. The first-order valence-electron chi connectivity index (χ1n) is 8.70. The van der Waals surface area contributed by atoms with Crippen LogP contribution < -0.4 is 20.1 Å². The number of carbonyl (C=O) groups is 2. The smallest absolute Gasteiger partial charge is 0.255 e. The van der Waals surface area contributed by atoms with Crippen LogP contribution in [0.3, 0.4) is 0 Å². The van der Waals surface area contributed by atoms with Gasteiger partial charge in [-0.1, -0.05) is 28.1 Å². The third-order valence-corrected chi connectivity index (χ3v) is 4.57. The van der Waals surface area contributed by atoms with Gasteiger partial charge in [0.15, 0.2) is 0 Å². The summed E-state index contributed by atoms with van der Waals surface area (Å²) < 4.78 is 11.2. The van der Waals surface area contributed by atoms with Crippen LogP contribution in [-0.2, 0) is 0 Å². The topological polar surface area (TPSA) is 76.7 Å². The number of hydrogen-bond acceptors (Lipinski definition) is 4. The summed E-state index contributed by atoms with van der Waals surface area (Å²) in [5.74, 6) is 0.546. The van der Waals surface area contributed by atoms with E-state index in [0.717, 1.165) is 4.47 Å². The highest BCUT2D eigenvalue weighted by atomic mass is 79.9. The van der Waals surface area contributed by atoms with Crippen LogP contribution in [-0.4, -0.2) is 26.0 Å². The zero-order valence-electron chi connectivity index (χ0n) is 15.9. The van der Waals surface area contributed by atoms with E-state index in [0.29, 0.717) is 34.0 Å². The summed E-state index contributed by atoms with van der Waals surface area (Å²) in [6.45, 7) is 0. The fourth-order valence-corrected chi connectivity index (χ4v) is 3.05. The molecule has 148 valence electrons. The minimum Gasteiger partial charge on any atom is -0.497 e. The normalized spacial score (nSPS) is 10.2. The van der Waals surface area contributed by atoms with E-state index in [-0.39, 0.29) is 11.8 Å². The van der Waals surface area contributed by atoms with E-state index < -0.39 is 0 Å². The Bertz CT molecular complexity index is 1030. The van der Waals surface area contributed by atoms with Crippen molar-refractivity contribution in [3.63, 3.8) is 0 Å². The number of nitrogens with one attached hydrogen (secondary N) is 2. The zero-order chi connectivity index (χ0) is 20.8. The van der Waals surface area contributed by atoms with Gasteiger partial charge in [0, 0.05) is 45.2 Å². The lowest BCUT2D eigenvalue weighted by molar-refractivity contribution is 0.101. The fraction of sp³-hybridized carbons (Fsp3) is 0.0909. The molecular formula is C22H19BrN2O4. The van der Waals surface area contributed by atoms with E-state index in [1.54, 1.807) is 60.7 Å². The Morgan fingerprint density at radius 1 is 0.724 bits per heavy atom. The van der Waals surface area contributed by atoms with Crippen molar-refractivity contribution < 1.29 is 19.1 Å². The van der Waals surface area contributed by atoms with Crippen molar-refractivity contribution in [2.45, 2.75) is 0 Å². The van der Waals surface area contributed by atoms with Crippen molar-refractivity contribution >= 4 is 39.1 Å². The van der Waals surface area contributed by atoms with Gasteiger partial charge in [-0.15, -0.1) is 0 Å². The highest BCUT2D eigenvalue weighted by molar-refractivity contribution is 9.10. The van der Waals surface area contributed by atoms with Gasteiger partial charge in [0.1, 0.15) is 11.5 Å². The second-order valence-electron chi connectivity index (χ2n) is 6.10. The molecule has 0 saturated carbocycles. The number of halogens is 1. The van der Waals surface area contributed by atoms with E-state index in [1.807, 2.05) is 6.07 Å². The molecule has 7 heteroatoms. The molecule has 0 aliphatic carbocycles. The third kappa shape index (κ3) is 5.36. The molecule has 3 aromatic rings. The van der Waals surface area contributed by atoms with Crippen LogP contribution in [0.2, 0.25) is 0 Å². The highest BCUT2D eigenvalue weighted by Crippen LogP contribution is 2.26. The number of rotatable bonds is 6. The van der Waals surface area contributed by atoms with Gasteiger partial charge in [-0.2, -0.15) is 0 Å². The average molecular weight is 455 g/mol. The van der Waals surface area contributed by atoms with Crippen LogP contribution in [0.1, 0.15) is 20.7 Å². The second kappa shape index (κ2) is 9.25. The van der Waals surface area contributed by atoms with Crippen molar-refractivity contribution in [2.75, 3.05) is 24.9 Å². The fourth-order valence-electron chi connectivity index (χ4n) is 2.65. The molecule has 0 aliphatic heterocycles. The van der Waals surface area contributed by atoms with Crippen LogP contribution in [0.15, 0.2) is 71.2 Å². The lowest BCUT2D eigenvalue weighted by atomic mass is 10.1. The largest absolute Gasteiger partial charge is 0.497 e. The number of ether oxygens (including phenoxy) is 2. The van der Waals surface area contributed by atoms with E-state index >= 15 is 0 Å². The summed E-state index contributed by atoms with van der Waals surface area (Å²) in [6.07, 6.45) is 0. The van der Waals surface area contributed by atoms with Gasteiger partial charge in [-0.25, -0.2) is 0 Å². The van der Waals surface area contributed by atoms with Crippen molar-refractivity contribution in [2.24, 2.45) is 0 Å². The van der Waals surface area contributed by atoms with Crippen molar-refractivity contribution in [1.29, 1.82) is 0 Å². The van der Waals surface area contributed by atoms with Gasteiger partial charge < -0.3 is 20.1 Å². The van der Waals surface area contributed by atoms with Gasteiger partial charge >= 0.3 is 0 Å². The van der Waals surface area contributed by atoms with E-state index in [2.05, 4.69) is 26.6 Å². The summed E-state index contributed by atoms with van der Waals surface area (Å²) in [5, 5.41) is 5.61. The van der Waals surface area contributed by atoms with E-state index in [1.165, 1.54) is 14.2 Å². The summed E-state index contributed by atoms with van der Waals surface area (Å²) in [5.41, 5.74) is 1.97. The van der Waals surface area contributed by atoms with Crippen LogP contribution in [0.25, 0.3) is 0 Å². The molecular weight excluding hydrogens is 436 g/mol. The molecule has 0 unspecified atom stereocenters.